The predicted molar refractivity (Wildman–Crippen MR) is 288 cm³/mol. The second-order valence-electron chi connectivity index (χ2n) is 18.6. The Bertz CT molecular complexity index is 3950. The van der Waals surface area contributed by atoms with Crippen molar-refractivity contribution >= 4 is 33.5 Å². The molecule has 0 saturated carbocycles. The lowest BCUT2D eigenvalue weighted by atomic mass is 9.64. The van der Waals surface area contributed by atoms with Gasteiger partial charge in [0.05, 0.1) is 27.8 Å². The van der Waals surface area contributed by atoms with Crippen molar-refractivity contribution in [2.45, 2.75) is 11.6 Å². The van der Waals surface area contributed by atoms with Crippen LogP contribution in [0.15, 0.2) is 266 Å². The van der Waals surface area contributed by atoms with Gasteiger partial charge in [-0.05, 0) is 137 Å². The van der Waals surface area contributed by atoms with Crippen LogP contribution in [0.2, 0.25) is 0 Å². The van der Waals surface area contributed by atoms with Crippen molar-refractivity contribution in [1.29, 1.82) is 0 Å². The summed E-state index contributed by atoms with van der Waals surface area (Å²) in [5.41, 5.74) is 21.2. The number of rotatable bonds is 6. The van der Waals surface area contributed by atoms with Crippen molar-refractivity contribution in [2.75, 3.05) is 4.90 Å². The zero-order valence-electron chi connectivity index (χ0n) is 38.3. The molecule has 3 nitrogen and oxygen atoms in total. The molecule has 0 bridgehead atoms. The van der Waals surface area contributed by atoms with E-state index in [0.717, 1.165) is 44.2 Å². The van der Waals surface area contributed by atoms with Crippen molar-refractivity contribution < 1.29 is 0 Å². The van der Waals surface area contributed by atoms with Gasteiger partial charge in [0, 0.05) is 10.9 Å². The summed E-state index contributed by atoms with van der Waals surface area (Å²) in [5.74, 6) is 0. The van der Waals surface area contributed by atoms with Crippen molar-refractivity contribution in [3.05, 3.63) is 305 Å². The van der Waals surface area contributed by atoms with Gasteiger partial charge in [-0.1, -0.05) is 212 Å². The van der Waals surface area contributed by atoms with E-state index in [4.69, 9.17) is 4.99 Å². The second kappa shape index (κ2) is 16.0. The number of benzene rings is 11. The lowest BCUT2D eigenvalue weighted by Gasteiger charge is -2.45. The number of hydrogen-bond donors (Lipinski definition) is 1. The number of para-hydroxylation sites is 4. The lowest BCUT2D eigenvalue weighted by molar-refractivity contribution is 0.634. The van der Waals surface area contributed by atoms with Crippen molar-refractivity contribution in [3.63, 3.8) is 0 Å². The van der Waals surface area contributed by atoms with Crippen LogP contribution in [-0.4, -0.2) is 0 Å². The first kappa shape index (κ1) is 40.1. The standard InChI is InChI=1S/C67H45N3/c1-2-23-52(24-3-1)70-63-33-12-9-30-59(63)67(60-31-10-13-34-64(60)70)58-29-8-6-26-55(58)56-40-39-50(43-61(56)67)48-20-14-19-47(41-48)49-21-15-22-51(42-49)66-68-62-32-11-7-27-57(62)65(69-66)46-37-35-45(36-38-46)54-28-16-18-44-17-4-5-25-53(44)54/h1-43,66,69H. The van der Waals surface area contributed by atoms with Crippen molar-refractivity contribution in [1.82, 2.24) is 5.32 Å². The molecule has 70 heavy (non-hydrogen) atoms. The summed E-state index contributed by atoms with van der Waals surface area (Å²) < 4.78 is 0. The van der Waals surface area contributed by atoms with E-state index in [9.17, 15) is 0 Å². The molecular formula is C67H45N3. The van der Waals surface area contributed by atoms with E-state index in [1.165, 1.54) is 77.8 Å². The van der Waals surface area contributed by atoms with Crippen LogP contribution in [0, 0.1) is 0 Å². The number of nitrogens with zero attached hydrogens (tertiary/aromatic N) is 2. The third-order valence-corrected chi connectivity index (χ3v) is 14.9. The highest BCUT2D eigenvalue weighted by molar-refractivity contribution is 5.98. The minimum absolute atomic E-state index is 0.264. The van der Waals surface area contributed by atoms with Gasteiger partial charge in [0.25, 0.3) is 0 Å². The van der Waals surface area contributed by atoms with E-state index in [2.05, 4.69) is 271 Å². The second-order valence-corrected chi connectivity index (χ2v) is 18.6. The van der Waals surface area contributed by atoms with Crippen LogP contribution in [0.25, 0.3) is 61.0 Å². The van der Waals surface area contributed by atoms with E-state index in [0.29, 0.717) is 0 Å². The highest BCUT2D eigenvalue weighted by atomic mass is 15.2. The molecule has 14 rings (SSSR count). The molecular weight excluding hydrogens is 847 g/mol. The maximum absolute atomic E-state index is 5.30. The summed E-state index contributed by atoms with van der Waals surface area (Å²) in [6, 6.07) is 95.5. The molecule has 1 N–H and O–H groups in total. The van der Waals surface area contributed by atoms with Crippen LogP contribution in [0.4, 0.5) is 17.1 Å². The quantitative estimate of drug-likeness (QED) is 0.180. The predicted octanol–water partition coefficient (Wildman–Crippen LogP) is 15.1. The van der Waals surface area contributed by atoms with Crippen LogP contribution < -0.4 is 20.8 Å². The maximum atomic E-state index is 5.30. The molecule has 3 heteroatoms. The van der Waals surface area contributed by atoms with Crippen LogP contribution in [0.5, 0.6) is 0 Å². The number of nitrogens with one attached hydrogen (secondary N) is 1. The van der Waals surface area contributed by atoms with Gasteiger partial charge in [0.1, 0.15) is 6.17 Å². The zero-order valence-corrected chi connectivity index (χ0v) is 38.3. The zero-order chi connectivity index (χ0) is 46.2. The summed E-state index contributed by atoms with van der Waals surface area (Å²) in [4.78, 5) is 7.74. The molecule has 11 aromatic carbocycles. The van der Waals surface area contributed by atoms with Crippen molar-refractivity contribution in [2.24, 2.45) is 4.99 Å². The Kier molecular flexibility index (Phi) is 9.18. The molecule has 0 saturated heterocycles. The molecule has 2 heterocycles. The third-order valence-electron chi connectivity index (χ3n) is 14.9. The van der Waals surface area contributed by atoms with Crippen LogP contribution in [0.3, 0.4) is 0 Å². The smallest absolute Gasteiger partial charge is 0.145 e. The summed E-state index contributed by atoms with van der Waals surface area (Å²) in [7, 11) is 0. The molecule has 1 aliphatic carbocycles. The van der Waals surface area contributed by atoms with Gasteiger partial charge in [0.15, 0.2) is 0 Å². The van der Waals surface area contributed by atoms with Gasteiger partial charge in [-0.3, -0.25) is 4.99 Å². The molecule has 1 atom stereocenters. The first-order valence-electron chi connectivity index (χ1n) is 24.2. The fourth-order valence-electron chi connectivity index (χ4n) is 11.8. The lowest BCUT2D eigenvalue weighted by Crippen LogP contribution is -2.39. The molecule has 0 aromatic heterocycles. The Morgan fingerprint density at radius 2 is 0.929 bits per heavy atom. The van der Waals surface area contributed by atoms with Crippen LogP contribution >= 0.6 is 0 Å². The molecule has 328 valence electrons. The molecule has 0 amide bonds. The van der Waals surface area contributed by atoms with E-state index in [-0.39, 0.29) is 6.17 Å². The Hall–Kier alpha value is -9.05. The molecule has 0 radical (unpaired) electrons. The van der Waals surface area contributed by atoms with E-state index < -0.39 is 5.41 Å². The molecule has 2 aliphatic heterocycles. The highest BCUT2D eigenvalue weighted by Crippen LogP contribution is 2.63. The fraction of sp³-hybridized carbons (Fsp3) is 0.0299. The maximum Gasteiger partial charge on any atom is 0.145 e. The number of anilines is 3. The summed E-state index contributed by atoms with van der Waals surface area (Å²) in [6.45, 7) is 0. The SMILES string of the molecule is c1ccc(N2c3ccccc3C3(c4ccccc4-c4ccc(-c5cccc(-c6cccc(C7N=c8ccccc8=C(c8ccc(-c9cccc%10ccccc9%10)cc8)N7)c6)c5)cc43)c3ccccc32)cc1. The van der Waals surface area contributed by atoms with Gasteiger partial charge in [0.2, 0.25) is 0 Å². The average Bonchev–Trinajstić information content (AvgIpc) is 3.74. The highest BCUT2D eigenvalue weighted by Gasteiger charge is 2.51. The largest absolute Gasteiger partial charge is 0.359 e. The van der Waals surface area contributed by atoms with Crippen LogP contribution in [-0.2, 0) is 5.41 Å². The fourth-order valence-corrected chi connectivity index (χ4v) is 11.8. The average molecular weight is 892 g/mol. The third kappa shape index (κ3) is 6.18. The molecule has 3 aliphatic rings. The van der Waals surface area contributed by atoms with E-state index >= 15 is 0 Å². The Morgan fingerprint density at radius 1 is 0.371 bits per heavy atom. The minimum atomic E-state index is -0.518. The topological polar surface area (TPSA) is 27.6 Å². The van der Waals surface area contributed by atoms with Gasteiger partial charge in [-0.25, -0.2) is 0 Å². The summed E-state index contributed by atoms with van der Waals surface area (Å²) >= 11 is 0. The van der Waals surface area contributed by atoms with E-state index in [1.807, 2.05) is 0 Å². The summed E-state index contributed by atoms with van der Waals surface area (Å²) in [5, 5.41) is 8.48. The molecule has 0 fully saturated rings. The molecule has 1 unspecified atom stereocenters. The monoisotopic (exact) mass is 891 g/mol. The number of hydrogen-bond acceptors (Lipinski definition) is 3. The Labute approximate surface area is 407 Å². The first-order chi connectivity index (χ1) is 34.7. The van der Waals surface area contributed by atoms with Gasteiger partial charge in [-0.15, -0.1) is 0 Å². The van der Waals surface area contributed by atoms with E-state index in [1.54, 1.807) is 0 Å². The molecule has 11 aromatic rings. The summed E-state index contributed by atoms with van der Waals surface area (Å²) in [6.07, 6.45) is -0.264. The minimum Gasteiger partial charge on any atom is -0.359 e. The molecule has 1 spiro atoms. The first-order valence-corrected chi connectivity index (χ1v) is 24.2. The number of fused-ring (bicyclic) bond motifs is 11. The van der Waals surface area contributed by atoms with Crippen molar-refractivity contribution in [3.8, 4) is 44.5 Å². The Morgan fingerprint density at radius 3 is 1.73 bits per heavy atom. The van der Waals surface area contributed by atoms with Gasteiger partial charge < -0.3 is 10.2 Å². The Balaban J connectivity index is 0.832. The van der Waals surface area contributed by atoms with Crippen LogP contribution in [0.1, 0.15) is 39.5 Å². The van der Waals surface area contributed by atoms with Gasteiger partial charge >= 0.3 is 0 Å². The normalized spacial score (nSPS) is 14.7. The van der Waals surface area contributed by atoms with Gasteiger partial charge in [-0.2, -0.15) is 0 Å².